The molecule has 1 aromatic carbocycles. The van der Waals surface area contributed by atoms with Crippen molar-refractivity contribution in [3.05, 3.63) is 58.2 Å². The van der Waals surface area contributed by atoms with Crippen LogP contribution in [0.15, 0.2) is 42.5 Å². The van der Waals surface area contributed by atoms with Crippen LogP contribution in [0.1, 0.15) is 24.2 Å². The topological polar surface area (TPSA) is 60.2 Å². The zero-order valence-electron chi connectivity index (χ0n) is 9.21. The average Bonchev–Trinajstić information content (AvgIpc) is 2.27. The smallest absolute Gasteiger partial charge is 0.235 e. The van der Waals surface area contributed by atoms with Crippen LogP contribution in [0.2, 0.25) is 0 Å². The first-order valence-corrected chi connectivity index (χ1v) is 4.86. The number of nitro groups is 1. The van der Waals surface area contributed by atoms with Crippen LogP contribution in [0, 0.1) is 10.1 Å². The summed E-state index contributed by atoms with van der Waals surface area (Å²) in [5.41, 5.74) is -0.692. The molecule has 0 saturated carbocycles. The van der Waals surface area contributed by atoms with Crippen LogP contribution >= 0.6 is 0 Å². The van der Waals surface area contributed by atoms with E-state index in [1.54, 1.807) is 30.3 Å². The Labute approximate surface area is 93.7 Å². The van der Waals surface area contributed by atoms with E-state index in [0.29, 0.717) is 5.56 Å². The van der Waals surface area contributed by atoms with Crippen molar-refractivity contribution in [2.45, 2.75) is 19.4 Å². The van der Waals surface area contributed by atoms with Crippen LogP contribution in [0.25, 0.3) is 0 Å². The van der Waals surface area contributed by atoms with Gasteiger partial charge >= 0.3 is 0 Å². The summed E-state index contributed by atoms with van der Waals surface area (Å²) in [5.74, 6) is -0.226. The Morgan fingerprint density at radius 3 is 2.38 bits per heavy atom. The van der Waals surface area contributed by atoms with Crippen molar-refractivity contribution < 1.29 is 9.72 Å². The number of allylic oxidation sites excluding steroid dienone is 1. The maximum Gasteiger partial charge on any atom is 0.235 e. The Balaban J connectivity index is 2.80. The number of hydrogen-bond acceptors (Lipinski definition) is 3. The van der Waals surface area contributed by atoms with E-state index in [4.69, 9.17) is 0 Å². The quantitative estimate of drug-likeness (QED) is 0.338. The third-order valence-corrected chi connectivity index (χ3v) is 2.17. The zero-order valence-corrected chi connectivity index (χ0v) is 9.21. The van der Waals surface area contributed by atoms with Crippen LogP contribution in [0.3, 0.4) is 0 Å². The van der Waals surface area contributed by atoms with Crippen molar-refractivity contribution in [2.75, 3.05) is 0 Å². The van der Waals surface area contributed by atoms with Gasteiger partial charge in [0.15, 0.2) is 5.78 Å². The Morgan fingerprint density at radius 2 is 1.88 bits per heavy atom. The first-order valence-electron chi connectivity index (χ1n) is 4.86. The van der Waals surface area contributed by atoms with Gasteiger partial charge in [-0.3, -0.25) is 14.9 Å². The summed E-state index contributed by atoms with van der Waals surface area (Å²) in [6.45, 7) is 2.89. The number of nitrogens with zero attached hydrogens (tertiary/aromatic N) is 1. The predicted octanol–water partition coefficient (Wildman–Crippen LogP) is 2.48. The standard InChI is InChI=1S/C12H13NO3/c1-12(2,13(15)16)9-8-11(14)10-6-4-3-5-7-10/h3-9H,1-2H3/b9-8+. The number of benzene rings is 1. The highest BCUT2D eigenvalue weighted by atomic mass is 16.6. The lowest BCUT2D eigenvalue weighted by molar-refractivity contribution is -0.545. The molecule has 0 radical (unpaired) electrons. The molecule has 0 aliphatic carbocycles. The van der Waals surface area contributed by atoms with Gasteiger partial charge in [0, 0.05) is 24.3 Å². The Bertz CT molecular complexity index is 421. The van der Waals surface area contributed by atoms with Gasteiger partial charge in [-0.15, -0.1) is 0 Å². The molecule has 84 valence electrons. The number of carbonyl (C=O) groups excluding carboxylic acids is 1. The van der Waals surface area contributed by atoms with Crippen LogP contribution < -0.4 is 0 Å². The summed E-state index contributed by atoms with van der Waals surface area (Å²) in [7, 11) is 0. The fraction of sp³-hybridized carbons (Fsp3) is 0.250. The number of hydrogen-bond donors (Lipinski definition) is 0. The summed E-state index contributed by atoms with van der Waals surface area (Å²) in [4.78, 5) is 21.8. The Hall–Kier alpha value is -1.97. The van der Waals surface area contributed by atoms with E-state index in [2.05, 4.69) is 0 Å². The van der Waals surface area contributed by atoms with Crippen LogP contribution in [0.4, 0.5) is 0 Å². The Morgan fingerprint density at radius 1 is 1.31 bits per heavy atom. The normalized spacial score (nSPS) is 11.6. The second-order valence-corrected chi connectivity index (χ2v) is 3.97. The first-order chi connectivity index (χ1) is 7.43. The van der Waals surface area contributed by atoms with E-state index >= 15 is 0 Å². The van der Waals surface area contributed by atoms with E-state index in [1.807, 2.05) is 0 Å². The highest BCUT2D eigenvalue weighted by Crippen LogP contribution is 2.10. The highest BCUT2D eigenvalue weighted by molar-refractivity contribution is 6.04. The van der Waals surface area contributed by atoms with E-state index in [-0.39, 0.29) is 5.78 Å². The molecular weight excluding hydrogens is 206 g/mol. The minimum atomic E-state index is -1.22. The molecule has 0 saturated heterocycles. The molecule has 1 aromatic rings. The largest absolute Gasteiger partial charge is 0.289 e. The second-order valence-electron chi connectivity index (χ2n) is 3.97. The fourth-order valence-electron chi connectivity index (χ4n) is 1.04. The van der Waals surface area contributed by atoms with Gasteiger partial charge < -0.3 is 0 Å². The summed E-state index contributed by atoms with van der Waals surface area (Å²) >= 11 is 0. The summed E-state index contributed by atoms with van der Waals surface area (Å²) in [6, 6.07) is 8.65. The molecule has 0 aliphatic heterocycles. The van der Waals surface area contributed by atoms with Gasteiger partial charge in [0.05, 0.1) is 0 Å². The molecule has 0 bridgehead atoms. The molecule has 4 nitrogen and oxygen atoms in total. The lowest BCUT2D eigenvalue weighted by Crippen LogP contribution is -2.28. The molecule has 0 atom stereocenters. The van der Waals surface area contributed by atoms with Gasteiger partial charge in [-0.2, -0.15) is 0 Å². The number of ketones is 1. The van der Waals surface area contributed by atoms with Crippen molar-refractivity contribution in [1.82, 2.24) is 0 Å². The molecule has 0 spiro atoms. The van der Waals surface area contributed by atoms with Crippen molar-refractivity contribution in [1.29, 1.82) is 0 Å². The van der Waals surface area contributed by atoms with Crippen LogP contribution in [-0.2, 0) is 0 Å². The maximum absolute atomic E-state index is 11.6. The van der Waals surface area contributed by atoms with Crippen molar-refractivity contribution in [3.8, 4) is 0 Å². The van der Waals surface area contributed by atoms with E-state index in [9.17, 15) is 14.9 Å². The van der Waals surface area contributed by atoms with Crippen LogP contribution in [-0.4, -0.2) is 16.2 Å². The van der Waals surface area contributed by atoms with Gasteiger partial charge in [0.25, 0.3) is 0 Å². The lowest BCUT2D eigenvalue weighted by atomic mass is 10.0. The minimum Gasteiger partial charge on any atom is -0.289 e. The molecule has 0 fully saturated rings. The molecule has 0 unspecified atom stereocenters. The number of carbonyl (C=O) groups is 1. The average molecular weight is 219 g/mol. The lowest BCUT2D eigenvalue weighted by Gasteiger charge is -2.09. The third-order valence-electron chi connectivity index (χ3n) is 2.17. The summed E-state index contributed by atoms with van der Waals surface area (Å²) in [5, 5.41) is 10.6. The highest BCUT2D eigenvalue weighted by Gasteiger charge is 2.26. The first kappa shape index (κ1) is 12.1. The zero-order chi connectivity index (χ0) is 12.2. The molecule has 16 heavy (non-hydrogen) atoms. The minimum absolute atomic E-state index is 0.226. The molecule has 1 rings (SSSR count). The van der Waals surface area contributed by atoms with Crippen molar-refractivity contribution in [3.63, 3.8) is 0 Å². The van der Waals surface area contributed by atoms with Gasteiger partial charge in [0.1, 0.15) is 0 Å². The molecule has 0 aliphatic rings. The van der Waals surface area contributed by atoms with E-state index in [0.717, 1.165) is 0 Å². The van der Waals surface area contributed by atoms with E-state index in [1.165, 1.54) is 26.0 Å². The van der Waals surface area contributed by atoms with Gasteiger partial charge in [-0.25, -0.2) is 0 Å². The SMILES string of the molecule is CC(C)(/C=C/C(=O)c1ccccc1)[N+](=O)[O-]. The summed E-state index contributed by atoms with van der Waals surface area (Å²) in [6.07, 6.45) is 2.56. The summed E-state index contributed by atoms with van der Waals surface area (Å²) < 4.78 is 0. The molecular formula is C12H13NO3. The molecule has 0 heterocycles. The third kappa shape index (κ3) is 3.02. The molecule has 0 N–H and O–H groups in total. The van der Waals surface area contributed by atoms with Gasteiger partial charge in [-0.1, -0.05) is 30.3 Å². The predicted molar refractivity (Wildman–Crippen MR) is 61.0 cm³/mol. The maximum atomic E-state index is 11.6. The van der Waals surface area contributed by atoms with Gasteiger partial charge in [0.2, 0.25) is 5.54 Å². The second kappa shape index (κ2) is 4.70. The van der Waals surface area contributed by atoms with Gasteiger partial charge in [-0.05, 0) is 12.2 Å². The Kier molecular flexibility index (Phi) is 3.55. The fourth-order valence-corrected chi connectivity index (χ4v) is 1.04. The van der Waals surface area contributed by atoms with E-state index < -0.39 is 10.5 Å². The van der Waals surface area contributed by atoms with Crippen molar-refractivity contribution in [2.24, 2.45) is 0 Å². The molecule has 0 aromatic heterocycles. The number of rotatable bonds is 4. The monoisotopic (exact) mass is 219 g/mol. The van der Waals surface area contributed by atoms with Crippen molar-refractivity contribution >= 4 is 5.78 Å². The molecule has 0 amide bonds. The van der Waals surface area contributed by atoms with Crippen LogP contribution in [0.5, 0.6) is 0 Å². The molecule has 4 heteroatoms.